The van der Waals surface area contributed by atoms with E-state index >= 15 is 0 Å². The molecular formula is C50H78O2. The first-order valence-corrected chi connectivity index (χ1v) is 21.9. The van der Waals surface area contributed by atoms with Gasteiger partial charge in [0.05, 0.1) is 0 Å². The first-order valence-electron chi connectivity index (χ1n) is 21.9. The van der Waals surface area contributed by atoms with Crippen LogP contribution >= 0.6 is 0 Å². The molecule has 4 aliphatic rings. The zero-order chi connectivity index (χ0) is 37.4. The summed E-state index contributed by atoms with van der Waals surface area (Å²) in [5.74, 6) is 5.91. The highest BCUT2D eigenvalue weighted by molar-refractivity contribution is 5.69. The third kappa shape index (κ3) is 11.8. The second-order valence-corrected chi connectivity index (χ2v) is 18.1. The lowest BCUT2D eigenvalue weighted by molar-refractivity contribution is -0.151. The molecule has 9 atom stereocenters. The normalized spacial score (nSPS) is 32.0. The van der Waals surface area contributed by atoms with E-state index in [2.05, 4.69) is 127 Å². The summed E-state index contributed by atoms with van der Waals surface area (Å²) in [6.45, 7) is 17.3. The van der Waals surface area contributed by atoms with Gasteiger partial charge in [0.25, 0.3) is 0 Å². The quantitative estimate of drug-likeness (QED) is 0.0929. The van der Waals surface area contributed by atoms with Crippen molar-refractivity contribution in [3.05, 3.63) is 84.6 Å². The lowest BCUT2D eigenvalue weighted by Crippen LogP contribution is -2.51. The minimum absolute atomic E-state index is 0.0234. The van der Waals surface area contributed by atoms with Gasteiger partial charge in [0.15, 0.2) is 0 Å². The Morgan fingerprint density at radius 2 is 1.35 bits per heavy atom. The first-order chi connectivity index (χ1) is 25.1. The van der Waals surface area contributed by atoms with Crippen molar-refractivity contribution in [1.82, 2.24) is 0 Å². The average molecular weight is 711 g/mol. The lowest BCUT2D eigenvalue weighted by atomic mass is 9.47. The molecule has 0 radical (unpaired) electrons. The first kappa shape index (κ1) is 42.4. The van der Waals surface area contributed by atoms with Gasteiger partial charge in [0.2, 0.25) is 0 Å². The monoisotopic (exact) mass is 711 g/mol. The Morgan fingerprint density at radius 3 is 1.94 bits per heavy atom. The van der Waals surface area contributed by atoms with Gasteiger partial charge in [-0.05, 0) is 142 Å². The van der Waals surface area contributed by atoms with Gasteiger partial charge in [-0.1, -0.05) is 146 Å². The molecule has 0 spiro atoms. The van der Waals surface area contributed by atoms with Crippen LogP contribution in [-0.2, 0) is 9.53 Å². The van der Waals surface area contributed by atoms with Crippen LogP contribution < -0.4 is 0 Å². The van der Waals surface area contributed by atoms with Crippen molar-refractivity contribution >= 4 is 5.97 Å². The highest BCUT2D eigenvalue weighted by Crippen LogP contribution is 2.67. The number of carbonyl (C=O) groups is 1. The third-order valence-electron chi connectivity index (χ3n) is 14.4. The van der Waals surface area contributed by atoms with Crippen molar-refractivity contribution in [2.75, 3.05) is 0 Å². The number of carbonyl (C=O) groups excluding carboxylic acids is 1. The van der Waals surface area contributed by atoms with Gasteiger partial charge in [-0.2, -0.15) is 0 Å². The molecule has 0 bridgehead atoms. The van der Waals surface area contributed by atoms with Crippen LogP contribution in [0.4, 0.5) is 0 Å². The summed E-state index contributed by atoms with van der Waals surface area (Å²) < 4.78 is 6.09. The predicted molar refractivity (Wildman–Crippen MR) is 225 cm³/mol. The van der Waals surface area contributed by atoms with Crippen LogP contribution in [0, 0.1) is 52.3 Å². The van der Waals surface area contributed by atoms with Crippen LogP contribution in [0.1, 0.15) is 164 Å². The fraction of sp³-hybridized carbons (Fsp3) is 0.700. The van der Waals surface area contributed by atoms with Crippen molar-refractivity contribution in [2.45, 2.75) is 170 Å². The minimum atomic E-state index is -0.0234. The van der Waals surface area contributed by atoms with Crippen LogP contribution in [0.2, 0.25) is 0 Å². The molecule has 0 amide bonds. The van der Waals surface area contributed by atoms with E-state index in [-0.39, 0.29) is 12.1 Å². The van der Waals surface area contributed by atoms with Crippen LogP contribution in [0.15, 0.2) is 84.6 Å². The summed E-state index contributed by atoms with van der Waals surface area (Å²) >= 11 is 0. The summed E-state index contributed by atoms with van der Waals surface area (Å²) in [4.78, 5) is 12.8. The number of hydrogen-bond acceptors (Lipinski definition) is 2. The van der Waals surface area contributed by atoms with Crippen LogP contribution in [0.5, 0.6) is 0 Å². The van der Waals surface area contributed by atoms with E-state index in [1.54, 1.807) is 5.57 Å². The van der Waals surface area contributed by atoms with Crippen molar-refractivity contribution in [2.24, 2.45) is 52.3 Å². The Morgan fingerprint density at radius 1 is 0.750 bits per heavy atom. The maximum Gasteiger partial charge on any atom is 0.306 e. The summed E-state index contributed by atoms with van der Waals surface area (Å²) in [6.07, 6.45) is 49.5. The molecule has 4 rings (SSSR count). The van der Waals surface area contributed by atoms with Crippen molar-refractivity contribution in [1.29, 1.82) is 0 Å². The molecule has 0 aromatic carbocycles. The van der Waals surface area contributed by atoms with E-state index in [9.17, 15) is 4.79 Å². The van der Waals surface area contributed by atoms with Crippen molar-refractivity contribution < 1.29 is 9.53 Å². The Hall–Kier alpha value is -2.35. The Balaban J connectivity index is 1.12. The van der Waals surface area contributed by atoms with Gasteiger partial charge < -0.3 is 4.74 Å². The highest BCUT2D eigenvalue weighted by atomic mass is 16.5. The predicted octanol–water partition coefficient (Wildman–Crippen LogP) is 14.7. The molecule has 52 heavy (non-hydrogen) atoms. The summed E-state index contributed by atoms with van der Waals surface area (Å²) in [7, 11) is 0. The van der Waals surface area contributed by atoms with Gasteiger partial charge in [-0.15, -0.1) is 0 Å². The molecular weight excluding hydrogens is 633 g/mol. The average Bonchev–Trinajstić information content (AvgIpc) is 3.48. The second kappa shape index (κ2) is 21.5. The summed E-state index contributed by atoms with van der Waals surface area (Å²) in [6, 6.07) is 0. The number of ether oxygens (including phenoxy) is 1. The van der Waals surface area contributed by atoms with Crippen molar-refractivity contribution in [3.8, 4) is 0 Å². The Bertz CT molecular complexity index is 1290. The molecule has 0 saturated heterocycles. The minimum Gasteiger partial charge on any atom is -0.462 e. The molecule has 2 heteroatoms. The van der Waals surface area contributed by atoms with E-state index in [0.717, 1.165) is 99.2 Å². The molecule has 4 aliphatic carbocycles. The second-order valence-electron chi connectivity index (χ2n) is 18.1. The molecule has 0 aromatic heterocycles. The standard InChI is InChI=1S/C50H78O2/c1-8-9-10-11-12-13-14-15-16-17-18-19-20-21-22-23-24-25-26-27-48(51)52-43-34-36-49(6)42(38-43)30-31-44-46-33-32-45(50(46,7)37-35-47(44)49)41(5)29-28-40(4)39(2)3/h9-10,12-13,15-16,18-19,21-22,24-25,30,39-41,43-47H,8,11,14,17,20,23,26-29,31-38H2,1-7H3/b10-9-,13-12-,16-15-,19-18-,22-21-,25-24-. The van der Waals surface area contributed by atoms with E-state index in [1.165, 1.54) is 51.4 Å². The molecule has 0 aromatic rings. The molecule has 3 saturated carbocycles. The van der Waals surface area contributed by atoms with Crippen LogP contribution in [0.3, 0.4) is 0 Å². The molecule has 0 aliphatic heterocycles. The maximum absolute atomic E-state index is 12.8. The summed E-state index contributed by atoms with van der Waals surface area (Å²) in [5, 5.41) is 0. The maximum atomic E-state index is 12.8. The van der Waals surface area contributed by atoms with Crippen LogP contribution in [-0.4, -0.2) is 12.1 Å². The number of fused-ring (bicyclic) bond motifs is 5. The zero-order valence-electron chi connectivity index (χ0n) is 34.7. The molecule has 2 nitrogen and oxygen atoms in total. The highest BCUT2D eigenvalue weighted by Gasteiger charge is 2.59. The number of hydrogen-bond donors (Lipinski definition) is 0. The molecule has 0 N–H and O–H groups in total. The fourth-order valence-corrected chi connectivity index (χ4v) is 10.8. The number of rotatable bonds is 20. The van der Waals surface area contributed by atoms with E-state index in [4.69, 9.17) is 4.74 Å². The van der Waals surface area contributed by atoms with Gasteiger partial charge in [0.1, 0.15) is 6.10 Å². The molecule has 3 fully saturated rings. The smallest absolute Gasteiger partial charge is 0.306 e. The Labute approximate surface area is 321 Å². The topological polar surface area (TPSA) is 26.3 Å². The zero-order valence-corrected chi connectivity index (χ0v) is 34.7. The van der Waals surface area contributed by atoms with E-state index < -0.39 is 0 Å². The van der Waals surface area contributed by atoms with Gasteiger partial charge in [-0.3, -0.25) is 4.79 Å². The largest absolute Gasteiger partial charge is 0.462 e. The molecule has 0 heterocycles. The molecule has 290 valence electrons. The fourth-order valence-electron chi connectivity index (χ4n) is 10.8. The number of esters is 1. The Kier molecular flexibility index (Phi) is 17.5. The van der Waals surface area contributed by atoms with Crippen LogP contribution in [0.25, 0.3) is 0 Å². The van der Waals surface area contributed by atoms with Crippen molar-refractivity contribution in [3.63, 3.8) is 0 Å². The van der Waals surface area contributed by atoms with E-state index in [1.807, 2.05) is 0 Å². The van der Waals surface area contributed by atoms with E-state index in [0.29, 0.717) is 17.3 Å². The molecule has 9 unspecified atom stereocenters. The third-order valence-corrected chi connectivity index (χ3v) is 14.4. The van der Waals surface area contributed by atoms with Gasteiger partial charge in [0, 0.05) is 12.8 Å². The SMILES string of the molecule is CC/C=C\C/C=C\C/C=C\C/C=C\C/C=C\C/C=C\CCC(=O)OC1CCC2(C)C(=CCC3C2CCC2(C)C(C(C)CCC(C)C(C)C)CCC32)C1. The van der Waals surface area contributed by atoms with Gasteiger partial charge >= 0.3 is 5.97 Å². The lowest BCUT2D eigenvalue weighted by Gasteiger charge is -2.58. The summed E-state index contributed by atoms with van der Waals surface area (Å²) in [5.41, 5.74) is 2.44. The van der Waals surface area contributed by atoms with Gasteiger partial charge in [-0.25, -0.2) is 0 Å². The number of allylic oxidation sites excluding steroid dienone is 13.